The van der Waals surface area contributed by atoms with E-state index < -0.39 is 0 Å². The SMILES string of the molecule is CNC[C@H](O)C(C)C. The predicted octanol–water partition coefficient (Wildman–Crippen LogP) is 0.223. The Morgan fingerprint density at radius 1 is 1.50 bits per heavy atom. The van der Waals surface area contributed by atoms with E-state index in [1.165, 1.54) is 0 Å². The molecule has 0 aromatic carbocycles. The number of rotatable bonds is 3. The van der Waals surface area contributed by atoms with Gasteiger partial charge in [0.1, 0.15) is 0 Å². The van der Waals surface area contributed by atoms with E-state index in [1.54, 1.807) is 0 Å². The van der Waals surface area contributed by atoms with Gasteiger partial charge in [-0.15, -0.1) is 0 Å². The molecule has 0 bridgehead atoms. The molecular formula is C6H15NO. The van der Waals surface area contributed by atoms with Gasteiger partial charge in [0.15, 0.2) is 0 Å². The second-order valence-electron chi connectivity index (χ2n) is 2.37. The predicted molar refractivity (Wildman–Crippen MR) is 34.8 cm³/mol. The summed E-state index contributed by atoms with van der Waals surface area (Å²) in [6.45, 7) is 4.70. The van der Waals surface area contributed by atoms with Crippen molar-refractivity contribution < 1.29 is 5.11 Å². The van der Waals surface area contributed by atoms with Crippen LogP contribution in [0.2, 0.25) is 0 Å². The Morgan fingerprint density at radius 2 is 2.00 bits per heavy atom. The van der Waals surface area contributed by atoms with E-state index in [4.69, 9.17) is 5.11 Å². The molecule has 0 aliphatic rings. The van der Waals surface area contributed by atoms with Gasteiger partial charge in [0.05, 0.1) is 6.10 Å². The monoisotopic (exact) mass is 117 g/mol. The molecule has 2 heteroatoms. The third kappa shape index (κ3) is 2.99. The molecule has 50 valence electrons. The number of hydrogen-bond acceptors (Lipinski definition) is 2. The maximum Gasteiger partial charge on any atom is 0.0687 e. The first-order valence-corrected chi connectivity index (χ1v) is 3.01. The summed E-state index contributed by atoms with van der Waals surface area (Å²) in [6, 6.07) is 0. The number of aliphatic hydroxyl groups is 1. The van der Waals surface area contributed by atoms with Gasteiger partial charge in [-0.05, 0) is 13.0 Å². The van der Waals surface area contributed by atoms with E-state index in [1.807, 2.05) is 20.9 Å². The molecule has 0 heterocycles. The van der Waals surface area contributed by atoms with Crippen molar-refractivity contribution >= 4 is 0 Å². The summed E-state index contributed by atoms with van der Waals surface area (Å²) in [4.78, 5) is 0. The molecule has 0 rings (SSSR count). The molecule has 1 atom stereocenters. The summed E-state index contributed by atoms with van der Waals surface area (Å²) in [7, 11) is 1.84. The van der Waals surface area contributed by atoms with Crippen molar-refractivity contribution in [1.82, 2.24) is 5.32 Å². The summed E-state index contributed by atoms with van der Waals surface area (Å²) in [5.41, 5.74) is 0. The molecule has 0 aromatic rings. The lowest BCUT2D eigenvalue weighted by Crippen LogP contribution is -2.27. The van der Waals surface area contributed by atoms with Gasteiger partial charge in [-0.3, -0.25) is 0 Å². The van der Waals surface area contributed by atoms with Crippen LogP contribution >= 0.6 is 0 Å². The Labute approximate surface area is 50.9 Å². The van der Waals surface area contributed by atoms with Crippen LogP contribution in [-0.4, -0.2) is 24.8 Å². The molecule has 0 spiro atoms. The molecule has 0 saturated carbocycles. The van der Waals surface area contributed by atoms with Gasteiger partial charge < -0.3 is 10.4 Å². The van der Waals surface area contributed by atoms with Crippen molar-refractivity contribution in [2.24, 2.45) is 5.92 Å². The van der Waals surface area contributed by atoms with Crippen LogP contribution in [0.25, 0.3) is 0 Å². The smallest absolute Gasteiger partial charge is 0.0687 e. The number of hydrogen-bond donors (Lipinski definition) is 2. The molecule has 0 unspecified atom stereocenters. The van der Waals surface area contributed by atoms with E-state index in [-0.39, 0.29) is 6.10 Å². The zero-order chi connectivity index (χ0) is 6.57. The van der Waals surface area contributed by atoms with Crippen molar-refractivity contribution in [3.8, 4) is 0 Å². The van der Waals surface area contributed by atoms with Gasteiger partial charge >= 0.3 is 0 Å². The van der Waals surface area contributed by atoms with Crippen molar-refractivity contribution in [2.45, 2.75) is 20.0 Å². The second kappa shape index (κ2) is 3.87. The van der Waals surface area contributed by atoms with Crippen LogP contribution in [0.15, 0.2) is 0 Å². The Bertz CT molecular complexity index is 54.5. The average molecular weight is 117 g/mol. The fourth-order valence-corrected chi connectivity index (χ4v) is 0.445. The maximum atomic E-state index is 9.06. The maximum absolute atomic E-state index is 9.06. The quantitative estimate of drug-likeness (QED) is 0.554. The highest BCUT2D eigenvalue weighted by molar-refractivity contribution is 4.60. The van der Waals surface area contributed by atoms with Crippen LogP contribution in [0.3, 0.4) is 0 Å². The molecular weight excluding hydrogens is 102 g/mol. The van der Waals surface area contributed by atoms with E-state index in [0.717, 1.165) is 0 Å². The van der Waals surface area contributed by atoms with Crippen LogP contribution in [0, 0.1) is 5.92 Å². The molecule has 0 aliphatic heterocycles. The minimum Gasteiger partial charge on any atom is -0.392 e. The average Bonchev–Trinajstić information content (AvgIpc) is 1.67. The molecule has 8 heavy (non-hydrogen) atoms. The van der Waals surface area contributed by atoms with Crippen LogP contribution in [-0.2, 0) is 0 Å². The van der Waals surface area contributed by atoms with Gasteiger partial charge in [0, 0.05) is 6.54 Å². The minimum atomic E-state index is -0.194. The zero-order valence-electron chi connectivity index (χ0n) is 5.81. The van der Waals surface area contributed by atoms with Crippen LogP contribution in [0.4, 0.5) is 0 Å². The zero-order valence-corrected chi connectivity index (χ0v) is 5.81. The van der Waals surface area contributed by atoms with Gasteiger partial charge in [0.2, 0.25) is 0 Å². The first-order chi connectivity index (χ1) is 3.68. The summed E-state index contributed by atoms with van der Waals surface area (Å²) in [5.74, 6) is 0.363. The number of aliphatic hydroxyl groups excluding tert-OH is 1. The Morgan fingerprint density at radius 3 is 2.12 bits per heavy atom. The van der Waals surface area contributed by atoms with E-state index >= 15 is 0 Å². The fraction of sp³-hybridized carbons (Fsp3) is 1.00. The highest BCUT2D eigenvalue weighted by Gasteiger charge is 2.05. The minimum absolute atomic E-state index is 0.194. The second-order valence-corrected chi connectivity index (χ2v) is 2.37. The molecule has 0 radical (unpaired) electrons. The molecule has 0 saturated heterocycles. The Hall–Kier alpha value is -0.0800. The first-order valence-electron chi connectivity index (χ1n) is 3.01. The van der Waals surface area contributed by atoms with Gasteiger partial charge in [-0.1, -0.05) is 13.8 Å². The van der Waals surface area contributed by atoms with Crippen molar-refractivity contribution in [2.75, 3.05) is 13.6 Å². The lowest BCUT2D eigenvalue weighted by atomic mass is 10.1. The summed E-state index contributed by atoms with van der Waals surface area (Å²) < 4.78 is 0. The molecule has 2 N–H and O–H groups in total. The van der Waals surface area contributed by atoms with E-state index in [2.05, 4.69) is 5.32 Å². The third-order valence-electron chi connectivity index (χ3n) is 1.18. The molecule has 0 aromatic heterocycles. The largest absolute Gasteiger partial charge is 0.392 e. The van der Waals surface area contributed by atoms with Gasteiger partial charge in [0.25, 0.3) is 0 Å². The summed E-state index contributed by atoms with van der Waals surface area (Å²) in [5, 5.41) is 12.0. The topological polar surface area (TPSA) is 32.3 Å². The molecule has 0 fully saturated rings. The first kappa shape index (κ1) is 7.92. The van der Waals surface area contributed by atoms with Gasteiger partial charge in [-0.2, -0.15) is 0 Å². The molecule has 0 amide bonds. The highest BCUT2D eigenvalue weighted by Crippen LogP contribution is 1.97. The van der Waals surface area contributed by atoms with Crippen LogP contribution in [0.5, 0.6) is 0 Å². The Balaban J connectivity index is 3.17. The lowest BCUT2D eigenvalue weighted by Gasteiger charge is -2.12. The van der Waals surface area contributed by atoms with E-state index in [9.17, 15) is 0 Å². The van der Waals surface area contributed by atoms with Crippen molar-refractivity contribution in [3.63, 3.8) is 0 Å². The lowest BCUT2D eigenvalue weighted by molar-refractivity contribution is 0.126. The number of nitrogens with one attached hydrogen (secondary N) is 1. The fourth-order valence-electron chi connectivity index (χ4n) is 0.445. The van der Waals surface area contributed by atoms with E-state index in [0.29, 0.717) is 12.5 Å². The van der Waals surface area contributed by atoms with Crippen molar-refractivity contribution in [3.05, 3.63) is 0 Å². The normalized spacial score (nSPS) is 14.6. The van der Waals surface area contributed by atoms with Gasteiger partial charge in [-0.25, -0.2) is 0 Å². The number of likely N-dealkylation sites (N-methyl/N-ethyl adjacent to an activating group) is 1. The Kier molecular flexibility index (Phi) is 3.83. The van der Waals surface area contributed by atoms with Crippen molar-refractivity contribution in [1.29, 1.82) is 0 Å². The summed E-state index contributed by atoms with van der Waals surface area (Å²) in [6.07, 6.45) is -0.194. The molecule has 0 aliphatic carbocycles. The summed E-state index contributed by atoms with van der Waals surface area (Å²) >= 11 is 0. The molecule has 2 nitrogen and oxygen atoms in total. The van der Waals surface area contributed by atoms with Crippen LogP contribution < -0.4 is 5.32 Å². The third-order valence-corrected chi connectivity index (χ3v) is 1.18. The highest BCUT2D eigenvalue weighted by atomic mass is 16.3. The standard InChI is InChI=1S/C6H15NO/c1-5(2)6(8)4-7-3/h5-8H,4H2,1-3H3/t6-/m0/s1. The van der Waals surface area contributed by atoms with Crippen LogP contribution in [0.1, 0.15) is 13.8 Å².